The van der Waals surface area contributed by atoms with E-state index in [0.29, 0.717) is 19.1 Å². The maximum Gasteiger partial charge on any atom is 0.163 e. The first-order valence-corrected chi connectivity index (χ1v) is 7.17. The average Bonchev–Trinajstić information content (AvgIpc) is 2.45. The summed E-state index contributed by atoms with van der Waals surface area (Å²) in [6.45, 7) is 8.49. The van der Waals surface area contributed by atoms with Gasteiger partial charge in [0.05, 0.1) is 5.52 Å². The molecule has 0 aliphatic carbocycles. The molecule has 0 amide bonds. The Morgan fingerprint density at radius 1 is 1.15 bits per heavy atom. The van der Waals surface area contributed by atoms with E-state index in [-0.39, 0.29) is 0 Å². The Kier molecular flexibility index (Phi) is 3.38. The van der Waals surface area contributed by atoms with E-state index in [1.54, 1.807) is 0 Å². The van der Waals surface area contributed by atoms with E-state index in [4.69, 9.17) is 14.5 Å². The number of fused-ring (bicyclic) bond motifs is 2. The zero-order valence-electron chi connectivity index (χ0n) is 12.2. The smallest absolute Gasteiger partial charge is 0.163 e. The van der Waals surface area contributed by atoms with Crippen molar-refractivity contribution in [1.29, 1.82) is 0 Å². The average molecular weight is 272 g/mol. The summed E-state index contributed by atoms with van der Waals surface area (Å²) < 4.78 is 11.3. The Labute approximate surface area is 119 Å². The highest BCUT2D eigenvalue weighted by Gasteiger charge is 2.16. The van der Waals surface area contributed by atoms with Crippen LogP contribution in [0.3, 0.4) is 0 Å². The zero-order chi connectivity index (χ0) is 14.1. The molecule has 0 unspecified atom stereocenters. The lowest BCUT2D eigenvalue weighted by molar-refractivity contribution is 0.172. The molecule has 0 radical (unpaired) electrons. The van der Waals surface area contributed by atoms with Crippen molar-refractivity contribution < 1.29 is 9.47 Å². The molecule has 1 aromatic carbocycles. The van der Waals surface area contributed by atoms with Gasteiger partial charge in [-0.25, -0.2) is 0 Å². The van der Waals surface area contributed by atoms with Crippen LogP contribution in [0, 0.1) is 0 Å². The molecule has 4 nitrogen and oxygen atoms in total. The molecule has 1 aliphatic heterocycles. The number of pyridine rings is 1. The molecule has 4 heteroatoms. The highest BCUT2D eigenvalue weighted by molar-refractivity contribution is 5.94. The van der Waals surface area contributed by atoms with Gasteiger partial charge in [-0.15, -0.1) is 0 Å². The van der Waals surface area contributed by atoms with Crippen LogP contribution in [0.5, 0.6) is 11.5 Å². The summed E-state index contributed by atoms with van der Waals surface area (Å²) in [4.78, 5) is 4.75. The zero-order valence-corrected chi connectivity index (χ0v) is 12.2. The summed E-state index contributed by atoms with van der Waals surface area (Å²) in [6.07, 6.45) is 0. The van der Waals surface area contributed by atoms with Crippen LogP contribution in [0.2, 0.25) is 0 Å². The quantitative estimate of drug-likeness (QED) is 0.927. The van der Waals surface area contributed by atoms with Gasteiger partial charge in [0.2, 0.25) is 0 Å². The van der Waals surface area contributed by atoms with Crippen LogP contribution in [0.1, 0.15) is 32.4 Å². The van der Waals surface area contributed by atoms with E-state index in [9.17, 15) is 0 Å². The molecule has 0 saturated heterocycles. The summed E-state index contributed by atoms with van der Waals surface area (Å²) in [5.74, 6) is 1.99. The van der Waals surface area contributed by atoms with Gasteiger partial charge >= 0.3 is 0 Å². The van der Waals surface area contributed by atoms with E-state index < -0.39 is 0 Å². The number of nitrogens with one attached hydrogen (secondary N) is 1. The van der Waals surface area contributed by atoms with Gasteiger partial charge in [0.1, 0.15) is 13.2 Å². The first-order chi connectivity index (χ1) is 9.69. The third-order valence-corrected chi connectivity index (χ3v) is 3.45. The fourth-order valence-electron chi connectivity index (χ4n) is 2.42. The topological polar surface area (TPSA) is 43.4 Å². The molecule has 1 aliphatic rings. The number of nitrogens with zero attached hydrogens (tertiary/aromatic N) is 1. The summed E-state index contributed by atoms with van der Waals surface area (Å²) in [7, 11) is 0. The normalized spacial score (nSPS) is 13.8. The number of rotatable bonds is 3. The fourth-order valence-corrected chi connectivity index (χ4v) is 2.42. The van der Waals surface area contributed by atoms with E-state index in [1.165, 1.54) is 0 Å². The van der Waals surface area contributed by atoms with Crippen molar-refractivity contribution in [2.75, 3.05) is 25.1 Å². The number of ether oxygens (including phenoxy) is 2. The Morgan fingerprint density at radius 3 is 2.50 bits per heavy atom. The standard InChI is InChI=1S/C16H20N2O2/c1-4-17-13-8-12(10(2)3)18-14-9-16-15(7-11(13)14)19-5-6-20-16/h7-10H,4-6H2,1-3H3,(H,17,18). The van der Waals surface area contributed by atoms with Gasteiger partial charge in [0, 0.05) is 29.4 Å². The Bertz CT molecular complexity index is 638. The van der Waals surface area contributed by atoms with Crippen molar-refractivity contribution in [3.05, 3.63) is 23.9 Å². The molecule has 1 aromatic heterocycles. The lowest BCUT2D eigenvalue weighted by Crippen LogP contribution is -2.15. The second-order valence-corrected chi connectivity index (χ2v) is 5.29. The third kappa shape index (κ3) is 2.26. The molecular weight excluding hydrogens is 252 g/mol. The van der Waals surface area contributed by atoms with Crippen molar-refractivity contribution in [3.8, 4) is 11.5 Å². The molecular formula is C16H20N2O2. The van der Waals surface area contributed by atoms with Gasteiger partial charge in [-0.1, -0.05) is 13.8 Å². The molecule has 0 fully saturated rings. The largest absolute Gasteiger partial charge is 0.486 e. The Balaban J connectivity index is 2.21. The number of hydrogen-bond acceptors (Lipinski definition) is 4. The van der Waals surface area contributed by atoms with E-state index >= 15 is 0 Å². The maximum atomic E-state index is 5.66. The molecule has 1 N–H and O–H groups in total. The van der Waals surface area contributed by atoms with Crippen LogP contribution in [0.15, 0.2) is 18.2 Å². The van der Waals surface area contributed by atoms with Gasteiger partial charge in [-0.05, 0) is 25.0 Å². The van der Waals surface area contributed by atoms with Gasteiger partial charge in [-0.3, -0.25) is 4.98 Å². The predicted molar refractivity (Wildman–Crippen MR) is 81.0 cm³/mol. The fraction of sp³-hybridized carbons (Fsp3) is 0.438. The van der Waals surface area contributed by atoms with Crippen LogP contribution in [-0.4, -0.2) is 24.7 Å². The van der Waals surface area contributed by atoms with Crippen LogP contribution < -0.4 is 14.8 Å². The second-order valence-electron chi connectivity index (χ2n) is 5.29. The SMILES string of the molecule is CCNc1cc(C(C)C)nc2cc3c(cc12)OCCO3. The first-order valence-electron chi connectivity index (χ1n) is 7.17. The minimum absolute atomic E-state index is 0.394. The molecule has 106 valence electrons. The molecule has 0 saturated carbocycles. The van der Waals surface area contributed by atoms with Crippen molar-refractivity contribution in [3.63, 3.8) is 0 Å². The first kappa shape index (κ1) is 13.0. The van der Waals surface area contributed by atoms with E-state index in [1.807, 2.05) is 12.1 Å². The Morgan fingerprint density at radius 2 is 1.85 bits per heavy atom. The summed E-state index contributed by atoms with van der Waals surface area (Å²) in [5.41, 5.74) is 3.15. The van der Waals surface area contributed by atoms with Gasteiger partial charge < -0.3 is 14.8 Å². The number of anilines is 1. The van der Waals surface area contributed by atoms with Gasteiger partial charge in [0.15, 0.2) is 11.5 Å². The van der Waals surface area contributed by atoms with Crippen LogP contribution in [-0.2, 0) is 0 Å². The molecule has 2 heterocycles. The lowest BCUT2D eigenvalue weighted by Gasteiger charge is -2.20. The molecule has 0 spiro atoms. The van der Waals surface area contributed by atoms with Crippen LogP contribution >= 0.6 is 0 Å². The summed E-state index contributed by atoms with van der Waals surface area (Å²) in [5, 5.41) is 4.50. The van der Waals surface area contributed by atoms with Crippen molar-refractivity contribution >= 4 is 16.6 Å². The van der Waals surface area contributed by atoms with Crippen molar-refractivity contribution in [1.82, 2.24) is 4.98 Å². The molecule has 20 heavy (non-hydrogen) atoms. The molecule has 3 rings (SSSR count). The van der Waals surface area contributed by atoms with Crippen molar-refractivity contribution in [2.45, 2.75) is 26.7 Å². The summed E-state index contributed by atoms with van der Waals surface area (Å²) >= 11 is 0. The highest BCUT2D eigenvalue weighted by atomic mass is 16.6. The minimum Gasteiger partial charge on any atom is -0.486 e. The molecule has 2 aromatic rings. The predicted octanol–water partition coefficient (Wildman–Crippen LogP) is 3.56. The third-order valence-electron chi connectivity index (χ3n) is 3.45. The Hall–Kier alpha value is -1.97. The molecule has 0 bridgehead atoms. The maximum absolute atomic E-state index is 5.66. The van der Waals surface area contributed by atoms with Crippen molar-refractivity contribution in [2.24, 2.45) is 0 Å². The summed E-state index contributed by atoms with van der Waals surface area (Å²) in [6, 6.07) is 6.14. The lowest BCUT2D eigenvalue weighted by atomic mass is 10.1. The van der Waals surface area contributed by atoms with Gasteiger partial charge in [0.25, 0.3) is 0 Å². The van der Waals surface area contributed by atoms with Crippen LogP contribution in [0.4, 0.5) is 5.69 Å². The van der Waals surface area contributed by atoms with Crippen LogP contribution in [0.25, 0.3) is 10.9 Å². The van der Waals surface area contributed by atoms with Gasteiger partial charge in [-0.2, -0.15) is 0 Å². The van der Waals surface area contributed by atoms with E-state index in [2.05, 4.69) is 32.2 Å². The minimum atomic E-state index is 0.394. The number of aromatic nitrogens is 1. The highest BCUT2D eigenvalue weighted by Crippen LogP contribution is 2.37. The van der Waals surface area contributed by atoms with E-state index in [0.717, 1.165) is 40.3 Å². The number of benzene rings is 1. The number of hydrogen-bond donors (Lipinski definition) is 1. The second kappa shape index (κ2) is 5.19. The monoisotopic (exact) mass is 272 g/mol. The molecule has 0 atom stereocenters.